The Morgan fingerprint density at radius 3 is 2.29 bits per heavy atom. The van der Waals surface area contributed by atoms with Crippen LogP contribution < -0.4 is 10.2 Å². The molecule has 0 radical (unpaired) electrons. The molecule has 3 aromatic carbocycles. The second kappa shape index (κ2) is 10.7. The van der Waals surface area contributed by atoms with Crippen molar-refractivity contribution in [3.8, 4) is 0 Å². The number of rotatable bonds is 7. The highest BCUT2D eigenvalue weighted by Crippen LogP contribution is 2.31. The van der Waals surface area contributed by atoms with Gasteiger partial charge in [0.1, 0.15) is 0 Å². The fraction of sp³-hybridized carbons (Fsp3) is 0.240. The van der Waals surface area contributed by atoms with Gasteiger partial charge in [0.15, 0.2) is 0 Å². The Bertz CT molecular complexity index is 989. The van der Waals surface area contributed by atoms with E-state index in [0.717, 1.165) is 46.6 Å². The number of nitrogens with one attached hydrogen (secondary N) is 1. The second-order valence-electron chi connectivity index (χ2n) is 7.54. The summed E-state index contributed by atoms with van der Waals surface area (Å²) in [5, 5.41) is 3.83. The van der Waals surface area contributed by atoms with Crippen molar-refractivity contribution in [2.45, 2.75) is 16.3 Å². The van der Waals surface area contributed by atoms with Crippen molar-refractivity contribution in [3.05, 3.63) is 89.4 Å². The van der Waals surface area contributed by atoms with Crippen molar-refractivity contribution >= 4 is 35.0 Å². The van der Waals surface area contributed by atoms with Gasteiger partial charge in [0.05, 0.1) is 6.54 Å². The molecule has 0 saturated carbocycles. The maximum atomic E-state index is 12.6. The molecule has 0 aromatic heterocycles. The van der Waals surface area contributed by atoms with Crippen LogP contribution in [0.4, 0.5) is 5.69 Å². The zero-order chi connectivity index (χ0) is 21.5. The first kappa shape index (κ1) is 21.8. The molecule has 3 aromatic rings. The summed E-state index contributed by atoms with van der Waals surface area (Å²) in [6.07, 6.45) is 0. The van der Waals surface area contributed by atoms with E-state index in [1.807, 2.05) is 42.5 Å². The van der Waals surface area contributed by atoms with Gasteiger partial charge in [-0.3, -0.25) is 9.69 Å². The number of piperazine rings is 1. The molecule has 31 heavy (non-hydrogen) atoms. The molecule has 1 heterocycles. The number of carbonyl (C=O) groups is 1. The summed E-state index contributed by atoms with van der Waals surface area (Å²) in [6, 6.07) is 26.5. The minimum absolute atomic E-state index is 0.0689. The number of benzene rings is 3. The SMILES string of the molecule is O=C(CN1CCN(c2ccccc2)CC1)NCc1ccccc1Sc1ccc(Cl)cc1. The number of nitrogens with zero attached hydrogens (tertiary/aromatic N) is 2. The molecule has 1 aliphatic rings. The van der Waals surface area contributed by atoms with Crippen LogP contribution in [-0.4, -0.2) is 43.5 Å². The van der Waals surface area contributed by atoms with Gasteiger partial charge in [0, 0.05) is 53.2 Å². The van der Waals surface area contributed by atoms with E-state index in [-0.39, 0.29) is 5.91 Å². The van der Waals surface area contributed by atoms with Gasteiger partial charge < -0.3 is 10.2 Å². The quantitative estimate of drug-likeness (QED) is 0.552. The van der Waals surface area contributed by atoms with Crippen molar-refractivity contribution in [3.63, 3.8) is 0 Å². The molecule has 0 unspecified atom stereocenters. The molecular formula is C25H26ClN3OS. The third kappa shape index (κ3) is 6.26. The number of anilines is 1. The van der Waals surface area contributed by atoms with Crippen molar-refractivity contribution in [2.24, 2.45) is 0 Å². The minimum Gasteiger partial charge on any atom is -0.369 e. The molecule has 1 saturated heterocycles. The maximum absolute atomic E-state index is 12.6. The summed E-state index contributed by atoms with van der Waals surface area (Å²) in [5.74, 6) is 0.0689. The summed E-state index contributed by atoms with van der Waals surface area (Å²) in [5.41, 5.74) is 2.37. The highest BCUT2D eigenvalue weighted by molar-refractivity contribution is 7.99. The molecule has 0 atom stereocenters. The molecule has 0 aliphatic carbocycles. The molecule has 0 bridgehead atoms. The summed E-state index contributed by atoms with van der Waals surface area (Å²) >= 11 is 7.67. The Balaban J connectivity index is 1.26. The fourth-order valence-electron chi connectivity index (χ4n) is 3.63. The first-order chi connectivity index (χ1) is 15.2. The maximum Gasteiger partial charge on any atom is 0.234 e. The Kier molecular flexibility index (Phi) is 7.52. The number of halogens is 1. The molecule has 1 amide bonds. The summed E-state index contributed by atoms with van der Waals surface area (Å²) < 4.78 is 0. The number of para-hydroxylation sites is 1. The monoisotopic (exact) mass is 451 g/mol. The Hall–Kier alpha value is -2.47. The van der Waals surface area contributed by atoms with Gasteiger partial charge in [0.25, 0.3) is 0 Å². The largest absolute Gasteiger partial charge is 0.369 e. The molecule has 4 nitrogen and oxygen atoms in total. The first-order valence-electron chi connectivity index (χ1n) is 10.5. The van der Waals surface area contributed by atoms with E-state index in [0.29, 0.717) is 13.1 Å². The summed E-state index contributed by atoms with van der Waals surface area (Å²) in [4.78, 5) is 19.4. The van der Waals surface area contributed by atoms with E-state index in [1.54, 1.807) is 11.8 Å². The van der Waals surface area contributed by atoms with Crippen LogP contribution in [0.5, 0.6) is 0 Å². The topological polar surface area (TPSA) is 35.6 Å². The van der Waals surface area contributed by atoms with Crippen molar-refractivity contribution in [1.82, 2.24) is 10.2 Å². The van der Waals surface area contributed by atoms with Crippen LogP contribution in [0, 0.1) is 0 Å². The molecule has 1 fully saturated rings. The lowest BCUT2D eigenvalue weighted by atomic mass is 10.2. The second-order valence-corrected chi connectivity index (χ2v) is 9.09. The molecule has 6 heteroatoms. The molecule has 1 aliphatic heterocycles. The van der Waals surface area contributed by atoms with E-state index in [2.05, 4.69) is 51.5 Å². The highest BCUT2D eigenvalue weighted by atomic mass is 35.5. The van der Waals surface area contributed by atoms with E-state index < -0.39 is 0 Å². The summed E-state index contributed by atoms with van der Waals surface area (Å²) in [6.45, 7) is 4.64. The Morgan fingerprint density at radius 1 is 0.871 bits per heavy atom. The van der Waals surface area contributed by atoms with Gasteiger partial charge >= 0.3 is 0 Å². The fourth-order valence-corrected chi connectivity index (χ4v) is 4.70. The normalized spacial score (nSPS) is 14.4. The predicted molar refractivity (Wildman–Crippen MR) is 129 cm³/mol. The minimum atomic E-state index is 0.0689. The van der Waals surface area contributed by atoms with E-state index in [4.69, 9.17) is 11.6 Å². The third-order valence-corrected chi connectivity index (χ3v) is 6.73. The van der Waals surface area contributed by atoms with E-state index in [1.165, 1.54) is 5.69 Å². The molecule has 160 valence electrons. The van der Waals surface area contributed by atoms with E-state index in [9.17, 15) is 4.79 Å². The third-order valence-electron chi connectivity index (χ3n) is 5.35. The number of amides is 1. The predicted octanol–water partition coefficient (Wildman–Crippen LogP) is 4.93. The lowest BCUT2D eigenvalue weighted by Gasteiger charge is -2.35. The Labute approximate surface area is 193 Å². The zero-order valence-corrected chi connectivity index (χ0v) is 18.9. The first-order valence-corrected chi connectivity index (χ1v) is 11.7. The lowest BCUT2D eigenvalue weighted by Crippen LogP contribution is -2.49. The van der Waals surface area contributed by atoms with Gasteiger partial charge in [-0.05, 0) is 48.0 Å². The van der Waals surface area contributed by atoms with Gasteiger partial charge in [-0.1, -0.05) is 59.8 Å². The van der Waals surface area contributed by atoms with Gasteiger partial charge in [0.2, 0.25) is 5.91 Å². The Morgan fingerprint density at radius 2 is 1.55 bits per heavy atom. The zero-order valence-electron chi connectivity index (χ0n) is 17.3. The van der Waals surface area contributed by atoms with Crippen LogP contribution in [0.2, 0.25) is 5.02 Å². The van der Waals surface area contributed by atoms with Gasteiger partial charge in [-0.25, -0.2) is 0 Å². The lowest BCUT2D eigenvalue weighted by molar-refractivity contribution is -0.122. The van der Waals surface area contributed by atoms with Crippen LogP contribution >= 0.6 is 23.4 Å². The molecule has 4 rings (SSSR count). The smallest absolute Gasteiger partial charge is 0.234 e. The number of hydrogen-bond acceptors (Lipinski definition) is 4. The average Bonchev–Trinajstić information content (AvgIpc) is 2.81. The van der Waals surface area contributed by atoms with Gasteiger partial charge in [-0.15, -0.1) is 0 Å². The highest BCUT2D eigenvalue weighted by Gasteiger charge is 2.19. The summed E-state index contributed by atoms with van der Waals surface area (Å²) in [7, 11) is 0. The van der Waals surface area contributed by atoms with Crippen LogP contribution in [0.3, 0.4) is 0 Å². The van der Waals surface area contributed by atoms with Crippen molar-refractivity contribution < 1.29 is 4.79 Å². The van der Waals surface area contributed by atoms with E-state index >= 15 is 0 Å². The van der Waals surface area contributed by atoms with Crippen LogP contribution in [0.1, 0.15) is 5.56 Å². The number of carbonyl (C=O) groups excluding carboxylic acids is 1. The van der Waals surface area contributed by atoms with Crippen molar-refractivity contribution in [2.75, 3.05) is 37.6 Å². The van der Waals surface area contributed by atoms with Crippen LogP contribution in [-0.2, 0) is 11.3 Å². The standard InChI is InChI=1S/C25H26ClN3OS/c26-21-10-12-23(13-11-21)31-24-9-5-4-6-20(24)18-27-25(30)19-28-14-16-29(17-15-28)22-7-2-1-3-8-22/h1-13H,14-19H2,(H,27,30). The molecular weight excluding hydrogens is 426 g/mol. The van der Waals surface area contributed by atoms with Crippen molar-refractivity contribution in [1.29, 1.82) is 0 Å². The molecule has 1 N–H and O–H groups in total. The van der Waals surface area contributed by atoms with Crippen LogP contribution in [0.15, 0.2) is 88.7 Å². The van der Waals surface area contributed by atoms with Gasteiger partial charge in [-0.2, -0.15) is 0 Å². The average molecular weight is 452 g/mol. The number of hydrogen-bond donors (Lipinski definition) is 1. The molecule has 0 spiro atoms. The van der Waals surface area contributed by atoms with Crippen LogP contribution in [0.25, 0.3) is 0 Å².